The molecule has 0 aliphatic carbocycles. The second-order valence-corrected chi connectivity index (χ2v) is 7.31. The SMILES string of the molecule is COC1(c2cccc(Br)n2)CCS(=O)(=O)CC1. The lowest BCUT2D eigenvalue weighted by Gasteiger charge is -2.35. The molecule has 17 heavy (non-hydrogen) atoms. The normalized spacial score (nSPS) is 22.2. The molecule has 1 aliphatic heterocycles. The Labute approximate surface area is 109 Å². The van der Waals surface area contributed by atoms with Gasteiger partial charge in [0.05, 0.1) is 17.2 Å². The van der Waals surface area contributed by atoms with Crippen LogP contribution in [0.1, 0.15) is 18.5 Å². The van der Waals surface area contributed by atoms with Gasteiger partial charge < -0.3 is 4.74 Å². The summed E-state index contributed by atoms with van der Waals surface area (Å²) in [5, 5.41) is 0. The number of ether oxygens (including phenoxy) is 1. The molecule has 1 aromatic rings. The van der Waals surface area contributed by atoms with Crippen LogP contribution >= 0.6 is 15.9 Å². The lowest BCUT2D eigenvalue weighted by molar-refractivity contribution is -0.0268. The Balaban J connectivity index is 2.33. The maximum atomic E-state index is 11.5. The van der Waals surface area contributed by atoms with Gasteiger partial charge in [-0.05, 0) is 40.9 Å². The van der Waals surface area contributed by atoms with E-state index < -0.39 is 15.4 Å². The summed E-state index contributed by atoms with van der Waals surface area (Å²) in [4.78, 5) is 4.38. The number of sulfone groups is 1. The van der Waals surface area contributed by atoms with E-state index in [9.17, 15) is 8.42 Å². The van der Waals surface area contributed by atoms with Crippen molar-refractivity contribution in [1.29, 1.82) is 0 Å². The van der Waals surface area contributed by atoms with E-state index in [0.717, 1.165) is 10.3 Å². The van der Waals surface area contributed by atoms with Crippen molar-refractivity contribution in [2.24, 2.45) is 0 Å². The molecule has 4 nitrogen and oxygen atoms in total. The maximum Gasteiger partial charge on any atom is 0.150 e. The largest absolute Gasteiger partial charge is 0.372 e. The zero-order chi connectivity index (χ0) is 12.5. The summed E-state index contributed by atoms with van der Waals surface area (Å²) < 4.78 is 29.2. The second kappa shape index (κ2) is 4.66. The van der Waals surface area contributed by atoms with Gasteiger partial charge in [0, 0.05) is 7.11 Å². The fourth-order valence-corrected chi connectivity index (χ4v) is 3.92. The molecule has 1 aliphatic rings. The van der Waals surface area contributed by atoms with Crippen molar-refractivity contribution in [1.82, 2.24) is 4.98 Å². The number of rotatable bonds is 2. The Morgan fingerprint density at radius 3 is 2.53 bits per heavy atom. The number of nitrogens with zero attached hydrogens (tertiary/aromatic N) is 1. The van der Waals surface area contributed by atoms with Crippen molar-refractivity contribution < 1.29 is 13.2 Å². The van der Waals surface area contributed by atoms with Gasteiger partial charge in [0.15, 0.2) is 9.84 Å². The molecule has 94 valence electrons. The van der Waals surface area contributed by atoms with Crippen molar-refractivity contribution in [3.05, 3.63) is 28.5 Å². The molecule has 0 unspecified atom stereocenters. The van der Waals surface area contributed by atoms with E-state index in [1.54, 1.807) is 7.11 Å². The first-order chi connectivity index (χ1) is 7.97. The molecule has 0 N–H and O–H groups in total. The quantitative estimate of drug-likeness (QED) is 0.781. The van der Waals surface area contributed by atoms with Crippen LogP contribution in [0.4, 0.5) is 0 Å². The van der Waals surface area contributed by atoms with Gasteiger partial charge in [-0.3, -0.25) is 0 Å². The molecule has 0 atom stereocenters. The number of halogens is 1. The lowest BCUT2D eigenvalue weighted by atomic mass is 9.92. The topological polar surface area (TPSA) is 56.3 Å². The minimum Gasteiger partial charge on any atom is -0.372 e. The van der Waals surface area contributed by atoms with E-state index in [0.29, 0.717) is 12.8 Å². The van der Waals surface area contributed by atoms with E-state index in [1.165, 1.54) is 0 Å². The predicted octanol–water partition coefficient (Wildman–Crippen LogP) is 1.89. The lowest BCUT2D eigenvalue weighted by Crippen LogP contribution is -2.39. The van der Waals surface area contributed by atoms with Crippen LogP contribution in [0.2, 0.25) is 0 Å². The van der Waals surface area contributed by atoms with Crippen LogP contribution in [0.25, 0.3) is 0 Å². The molecular formula is C11H14BrNO3S. The third kappa shape index (κ3) is 2.69. The van der Waals surface area contributed by atoms with Crippen LogP contribution in [-0.4, -0.2) is 32.0 Å². The number of pyridine rings is 1. The molecule has 1 fully saturated rings. The van der Waals surface area contributed by atoms with Crippen LogP contribution in [0.15, 0.2) is 22.8 Å². The Kier molecular flexibility index (Phi) is 3.56. The highest BCUT2D eigenvalue weighted by atomic mass is 79.9. The fraction of sp³-hybridized carbons (Fsp3) is 0.545. The van der Waals surface area contributed by atoms with E-state index in [2.05, 4.69) is 20.9 Å². The summed E-state index contributed by atoms with van der Waals surface area (Å²) in [6.45, 7) is 0. The highest BCUT2D eigenvalue weighted by molar-refractivity contribution is 9.10. The molecule has 0 bridgehead atoms. The van der Waals surface area contributed by atoms with Gasteiger partial charge in [0.1, 0.15) is 10.2 Å². The standard InChI is InChI=1S/C11H14BrNO3S/c1-16-11(5-7-17(14,15)8-6-11)9-3-2-4-10(12)13-9/h2-4H,5-8H2,1H3. The number of hydrogen-bond donors (Lipinski definition) is 0. The summed E-state index contributed by atoms with van der Waals surface area (Å²) in [5.74, 6) is 0.323. The first-order valence-corrected chi connectivity index (χ1v) is 7.97. The van der Waals surface area contributed by atoms with E-state index in [4.69, 9.17) is 4.74 Å². The summed E-state index contributed by atoms with van der Waals surface area (Å²) in [5.41, 5.74) is 0.235. The molecule has 0 amide bonds. The third-order valence-corrected chi connectivity index (χ3v) is 5.30. The molecule has 0 aromatic carbocycles. The molecule has 1 saturated heterocycles. The molecule has 0 saturated carbocycles. The first-order valence-electron chi connectivity index (χ1n) is 5.36. The molecule has 1 aromatic heterocycles. The van der Waals surface area contributed by atoms with Crippen LogP contribution in [-0.2, 0) is 20.2 Å². The van der Waals surface area contributed by atoms with Crippen LogP contribution < -0.4 is 0 Å². The van der Waals surface area contributed by atoms with Gasteiger partial charge in [-0.1, -0.05) is 6.07 Å². The highest BCUT2D eigenvalue weighted by Crippen LogP contribution is 2.36. The van der Waals surface area contributed by atoms with Crippen molar-refractivity contribution in [2.45, 2.75) is 18.4 Å². The highest BCUT2D eigenvalue weighted by Gasteiger charge is 2.40. The molecule has 2 rings (SSSR count). The number of aromatic nitrogens is 1. The van der Waals surface area contributed by atoms with Crippen LogP contribution in [0.5, 0.6) is 0 Å². The Hall–Kier alpha value is -0.460. The second-order valence-electron chi connectivity index (χ2n) is 4.20. The summed E-state index contributed by atoms with van der Waals surface area (Å²) in [7, 11) is -1.29. The summed E-state index contributed by atoms with van der Waals surface area (Å²) >= 11 is 3.32. The molecule has 2 heterocycles. The Morgan fingerprint density at radius 1 is 1.35 bits per heavy atom. The van der Waals surface area contributed by atoms with Crippen molar-refractivity contribution in [3.8, 4) is 0 Å². The first kappa shape index (κ1) is 13.0. The Morgan fingerprint density at radius 2 is 2.00 bits per heavy atom. The average Bonchev–Trinajstić information content (AvgIpc) is 2.30. The van der Waals surface area contributed by atoms with Gasteiger partial charge in [0.25, 0.3) is 0 Å². The molecule has 0 spiro atoms. The van der Waals surface area contributed by atoms with Gasteiger partial charge >= 0.3 is 0 Å². The Bertz CT molecular complexity index is 501. The molecule has 0 radical (unpaired) electrons. The predicted molar refractivity (Wildman–Crippen MR) is 68.5 cm³/mol. The summed E-state index contributed by atoms with van der Waals surface area (Å²) in [6.07, 6.45) is 0.935. The maximum absolute atomic E-state index is 11.5. The van der Waals surface area contributed by atoms with Crippen molar-refractivity contribution in [3.63, 3.8) is 0 Å². The van der Waals surface area contributed by atoms with E-state index in [-0.39, 0.29) is 11.5 Å². The van der Waals surface area contributed by atoms with E-state index in [1.807, 2.05) is 18.2 Å². The minimum absolute atomic E-state index is 0.162. The molecular weight excluding hydrogens is 306 g/mol. The number of hydrogen-bond acceptors (Lipinski definition) is 4. The number of methoxy groups -OCH3 is 1. The summed E-state index contributed by atoms with van der Waals surface area (Å²) in [6, 6.07) is 5.61. The van der Waals surface area contributed by atoms with Crippen molar-refractivity contribution >= 4 is 25.8 Å². The molecule has 6 heteroatoms. The van der Waals surface area contributed by atoms with Crippen molar-refractivity contribution in [2.75, 3.05) is 18.6 Å². The van der Waals surface area contributed by atoms with E-state index >= 15 is 0 Å². The smallest absolute Gasteiger partial charge is 0.150 e. The zero-order valence-corrected chi connectivity index (χ0v) is 11.9. The minimum atomic E-state index is -2.90. The third-order valence-electron chi connectivity index (χ3n) is 3.21. The van der Waals surface area contributed by atoms with Crippen LogP contribution in [0, 0.1) is 0 Å². The van der Waals surface area contributed by atoms with Gasteiger partial charge in [-0.15, -0.1) is 0 Å². The van der Waals surface area contributed by atoms with Gasteiger partial charge in [0.2, 0.25) is 0 Å². The fourth-order valence-electron chi connectivity index (χ4n) is 2.09. The monoisotopic (exact) mass is 319 g/mol. The zero-order valence-electron chi connectivity index (χ0n) is 9.52. The van der Waals surface area contributed by atoms with Gasteiger partial charge in [-0.2, -0.15) is 0 Å². The van der Waals surface area contributed by atoms with Crippen LogP contribution in [0.3, 0.4) is 0 Å². The van der Waals surface area contributed by atoms with Gasteiger partial charge in [-0.25, -0.2) is 13.4 Å². The average molecular weight is 320 g/mol.